The highest BCUT2D eigenvalue weighted by Crippen LogP contribution is 2.26. The molecular formula is C21H36N7O5P. The van der Waals surface area contributed by atoms with E-state index in [2.05, 4.69) is 25.1 Å². The van der Waals surface area contributed by atoms with Crippen LogP contribution < -0.4 is 15.9 Å². The third-order valence-electron chi connectivity index (χ3n) is 4.37. The van der Waals surface area contributed by atoms with Gasteiger partial charge in [-0.25, -0.2) is 15.0 Å². The Balaban J connectivity index is 1.87. The van der Waals surface area contributed by atoms with Crippen molar-refractivity contribution in [3.8, 4) is 0 Å². The van der Waals surface area contributed by atoms with Crippen molar-refractivity contribution in [1.82, 2.24) is 29.7 Å². The first-order valence-corrected chi connectivity index (χ1v) is 12.8. The van der Waals surface area contributed by atoms with Crippen LogP contribution in [0.4, 0.5) is 5.82 Å². The van der Waals surface area contributed by atoms with Gasteiger partial charge >= 0.3 is 11.9 Å². The lowest BCUT2D eigenvalue weighted by Gasteiger charge is -2.22. The highest BCUT2D eigenvalue weighted by molar-refractivity contribution is 7.53. The van der Waals surface area contributed by atoms with Crippen molar-refractivity contribution in [1.29, 1.82) is 0 Å². The summed E-state index contributed by atoms with van der Waals surface area (Å²) in [7, 11) is -1.01. The third kappa shape index (κ3) is 9.84. The lowest BCUT2D eigenvalue weighted by Crippen LogP contribution is -2.28. The Morgan fingerprint density at radius 1 is 1.00 bits per heavy atom. The highest BCUT2D eigenvalue weighted by Gasteiger charge is 2.16. The summed E-state index contributed by atoms with van der Waals surface area (Å²) in [5, 5.41) is 6.62. The van der Waals surface area contributed by atoms with Crippen LogP contribution >= 0.6 is 8.22 Å². The molecule has 1 atom stereocenters. The van der Waals surface area contributed by atoms with Gasteiger partial charge in [-0.1, -0.05) is 0 Å². The fourth-order valence-corrected chi connectivity index (χ4v) is 4.40. The molecule has 2 aromatic heterocycles. The summed E-state index contributed by atoms with van der Waals surface area (Å²) >= 11 is 0. The number of hydrogen-bond acceptors (Lipinski definition) is 11. The van der Waals surface area contributed by atoms with Gasteiger partial charge in [-0.05, 0) is 34.6 Å². The minimum absolute atomic E-state index is 0.150. The zero-order valence-electron chi connectivity index (χ0n) is 20.5. The summed E-state index contributed by atoms with van der Waals surface area (Å²) in [4.78, 5) is 36.1. The normalized spacial score (nSPS) is 12.6. The fourth-order valence-electron chi connectivity index (χ4n) is 2.94. The van der Waals surface area contributed by atoms with Gasteiger partial charge in [0.1, 0.15) is 11.8 Å². The molecule has 34 heavy (non-hydrogen) atoms. The molecule has 2 heterocycles. The SMILES string of the molecule is CC(C)OC(=O)CCNP(COC(C)Cn1cnc2c(N)ncnc21)NCCC(=O)OC(C)C. The van der Waals surface area contributed by atoms with Crippen LogP contribution in [0.2, 0.25) is 0 Å². The number of carbonyl (C=O) groups is 2. The molecule has 0 fully saturated rings. The van der Waals surface area contributed by atoms with Gasteiger partial charge in [-0.2, -0.15) is 0 Å². The summed E-state index contributed by atoms with van der Waals surface area (Å²) in [6.45, 7) is 10.6. The van der Waals surface area contributed by atoms with Gasteiger partial charge in [0.05, 0.1) is 58.6 Å². The average molecular weight is 498 g/mol. The molecule has 12 nitrogen and oxygen atoms in total. The van der Waals surface area contributed by atoms with Gasteiger partial charge in [-0.3, -0.25) is 19.8 Å². The standard InChI is InChI=1S/C21H36N7O5P/c1-14(2)32-17(29)6-8-26-34(27-9-7-18(30)33-15(3)4)13-31-16(5)10-28-12-25-19-20(22)23-11-24-21(19)28/h11-12,14-16,26-27H,6-10,13H2,1-5H3,(H2,22,23,24). The minimum atomic E-state index is -1.01. The molecule has 0 radical (unpaired) electrons. The first kappa shape index (κ1) is 27.8. The number of imidazole rings is 1. The number of nitrogens with one attached hydrogen (secondary N) is 2. The zero-order valence-corrected chi connectivity index (χ0v) is 21.4. The Hall–Kier alpha value is -2.40. The Labute approximate surface area is 201 Å². The van der Waals surface area contributed by atoms with Crippen molar-refractivity contribution >= 4 is 37.1 Å². The second-order valence-corrected chi connectivity index (χ2v) is 10.0. The Kier molecular flexibility index (Phi) is 11.5. The average Bonchev–Trinajstić information content (AvgIpc) is 3.14. The molecule has 0 spiro atoms. The van der Waals surface area contributed by atoms with E-state index in [4.69, 9.17) is 19.9 Å². The van der Waals surface area contributed by atoms with Gasteiger partial charge in [0.25, 0.3) is 0 Å². The number of nitrogens with two attached hydrogens (primary N) is 1. The molecule has 4 N–H and O–H groups in total. The van der Waals surface area contributed by atoms with E-state index < -0.39 is 8.22 Å². The Bertz CT molecular complexity index is 896. The van der Waals surface area contributed by atoms with E-state index >= 15 is 0 Å². The van der Waals surface area contributed by atoms with Crippen molar-refractivity contribution < 1.29 is 23.8 Å². The molecule has 0 saturated heterocycles. The maximum Gasteiger partial charge on any atom is 0.307 e. The second-order valence-electron chi connectivity index (χ2n) is 8.26. The maximum absolute atomic E-state index is 11.8. The lowest BCUT2D eigenvalue weighted by atomic mass is 10.4. The summed E-state index contributed by atoms with van der Waals surface area (Å²) in [6, 6.07) is 0. The molecule has 0 aliphatic carbocycles. The van der Waals surface area contributed by atoms with Crippen molar-refractivity contribution in [3.05, 3.63) is 12.7 Å². The number of esters is 2. The molecule has 0 amide bonds. The number of nitrogen functional groups attached to an aromatic ring is 1. The number of fused-ring (bicyclic) bond motifs is 1. The molecule has 2 aromatic rings. The molecule has 0 aromatic carbocycles. The largest absolute Gasteiger partial charge is 0.463 e. The highest BCUT2D eigenvalue weighted by atomic mass is 31.1. The fraction of sp³-hybridized carbons (Fsp3) is 0.667. The van der Waals surface area contributed by atoms with Crippen LogP contribution in [-0.4, -0.2) is 69.2 Å². The van der Waals surface area contributed by atoms with E-state index in [0.29, 0.717) is 43.0 Å². The molecule has 0 aliphatic heterocycles. The molecule has 13 heteroatoms. The first-order chi connectivity index (χ1) is 16.2. The smallest absolute Gasteiger partial charge is 0.307 e. The van der Waals surface area contributed by atoms with Crippen molar-refractivity contribution in [2.24, 2.45) is 0 Å². The van der Waals surface area contributed by atoms with Crippen LogP contribution in [0.1, 0.15) is 47.5 Å². The van der Waals surface area contributed by atoms with Crippen LogP contribution in [0.25, 0.3) is 11.2 Å². The van der Waals surface area contributed by atoms with Crippen LogP contribution in [0.5, 0.6) is 0 Å². The second kappa shape index (κ2) is 14.1. The van der Waals surface area contributed by atoms with Crippen LogP contribution in [-0.2, 0) is 30.3 Å². The van der Waals surface area contributed by atoms with Crippen molar-refractivity contribution in [2.45, 2.75) is 72.3 Å². The quantitative estimate of drug-likeness (QED) is 0.244. The third-order valence-corrected chi connectivity index (χ3v) is 5.99. The predicted octanol–water partition coefficient (Wildman–Crippen LogP) is 1.95. The van der Waals surface area contributed by atoms with Gasteiger partial charge < -0.3 is 24.5 Å². The van der Waals surface area contributed by atoms with Gasteiger partial charge in [0, 0.05) is 13.1 Å². The molecule has 190 valence electrons. The van der Waals surface area contributed by atoms with E-state index in [1.54, 1.807) is 6.33 Å². The zero-order chi connectivity index (χ0) is 25.1. The number of aromatic nitrogens is 4. The Morgan fingerprint density at radius 2 is 1.59 bits per heavy atom. The number of carbonyl (C=O) groups excluding carboxylic acids is 2. The van der Waals surface area contributed by atoms with Crippen LogP contribution in [0.3, 0.4) is 0 Å². The number of nitrogens with zero attached hydrogens (tertiary/aromatic N) is 4. The molecule has 2 rings (SSSR count). The number of hydrogen-bond donors (Lipinski definition) is 3. The van der Waals surface area contributed by atoms with E-state index in [9.17, 15) is 9.59 Å². The van der Waals surface area contributed by atoms with E-state index in [-0.39, 0.29) is 43.1 Å². The molecule has 1 unspecified atom stereocenters. The monoisotopic (exact) mass is 497 g/mol. The van der Waals surface area contributed by atoms with E-state index in [0.717, 1.165) is 0 Å². The summed E-state index contributed by atoms with van der Waals surface area (Å²) < 4.78 is 18.3. The van der Waals surface area contributed by atoms with Crippen molar-refractivity contribution in [2.75, 3.05) is 25.2 Å². The van der Waals surface area contributed by atoms with E-state index in [1.165, 1.54) is 6.33 Å². The van der Waals surface area contributed by atoms with Gasteiger partial charge in [-0.15, -0.1) is 0 Å². The lowest BCUT2D eigenvalue weighted by molar-refractivity contribution is -0.148. The number of ether oxygens (including phenoxy) is 3. The van der Waals surface area contributed by atoms with Gasteiger partial charge in [0.2, 0.25) is 0 Å². The molecule has 0 saturated carbocycles. The predicted molar refractivity (Wildman–Crippen MR) is 130 cm³/mol. The molecular weight excluding hydrogens is 461 g/mol. The van der Waals surface area contributed by atoms with Crippen molar-refractivity contribution in [3.63, 3.8) is 0 Å². The molecule has 0 aliphatic rings. The maximum atomic E-state index is 11.8. The molecule has 0 bridgehead atoms. The number of anilines is 1. The Morgan fingerprint density at radius 3 is 2.15 bits per heavy atom. The van der Waals surface area contributed by atoms with E-state index in [1.807, 2.05) is 39.2 Å². The number of rotatable bonds is 15. The van der Waals surface area contributed by atoms with Crippen LogP contribution in [0.15, 0.2) is 12.7 Å². The van der Waals surface area contributed by atoms with Crippen LogP contribution in [0, 0.1) is 0 Å². The van der Waals surface area contributed by atoms with Gasteiger partial charge in [0.15, 0.2) is 11.5 Å². The topological polar surface area (TPSA) is 156 Å². The summed E-state index contributed by atoms with van der Waals surface area (Å²) in [5.41, 5.74) is 7.05. The summed E-state index contributed by atoms with van der Waals surface area (Å²) in [5.74, 6) is -0.192. The summed E-state index contributed by atoms with van der Waals surface area (Å²) in [6.07, 6.45) is 3.47. The minimum Gasteiger partial charge on any atom is -0.463 e. The first-order valence-electron chi connectivity index (χ1n) is 11.3.